The topological polar surface area (TPSA) is 29.1 Å². The molecule has 1 amide bonds. The van der Waals surface area contributed by atoms with Gasteiger partial charge in [-0.1, -0.05) is 60.2 Å². The summed E-state index contributed by atoms with van der Waals surface area (Å²) in [7, 11) is 0. The van der Waals surface area contributed by atoms with E-state index in [0.717, 1.165) is 22.2 Å². The molecule has 0 saturated carbocycles. The van der Waals surface area contributed by atoms with Crippen LogP contribution in [0.15, 0.2) is 60.7 Å². The Morgan fingerprint density at radius 1 is 0.955 bits per heavy atom. The maximum absolute atomic E-state index is 12.4. The number of benzene rings is 3. The van der Waals surface area contributed by atoms with E-state index in [9.17, 15) is 4.79 Å². The number of amides is 1. The number of nitrogens with one attached hydrogen (secondary N) is 1. The van der Waals surface area contributed by atoms with Crippen LogP contribution in [0, 0.1) is 13.8 Å². The summed E-state index contributed by atoms with van der Waals surface area (Å²) in [4.78, 5) is 12.4. The predicted molar refractivity (Wildman–Crippen MR) is 92.2 cm³/mol. The number of carbonyl (C=O) groups is 1. The second kappa shape index (κ2) is 6.02. The van der Waals surface area contributed by atoms with E-state index < -0.39 is 0 Å². The van der Waals surface area contributed by atoms with Crippen LogP contribution in [0.2, 0.25) is 0 Å². The van der Waals surface area contributed by atoms with Crippen LogP contribution in [0.3, 0.4) is 0 Å². The van der Waals surface area contributed by atoms with Crippen molar-refractivity contribution in [2.75, 3.05) is 5.32 Å². The average molecular weight is 289 g/mol. The smallest absolute Gasteiger partial charge is 0.228 e. The third-order valence-corrected chi connectivity index (χ3v) is 3.89. The second-order valence-electron chi connectivity index (χ2n) is 5.68. The molecular weight excluding hydrogens is 270 g/mol. The lowest BCUT2D eigenvalue weighted by atomic mass is 10.0. The molecule has 110 valence electrons. The van der Waals surface area contributed by atoms with E-state index in [1.165, 1.54) is 10.9 Å². The van der Waals surface area contributed by atoms with Crippen molar-refractivity contribution < 1.29 is 4.79 Å². The zero-order chi connectivity index (χ0) is 15.5. The average Bonchev–Trinajstić information content (AvgIpc) is 2.50. The van der Waals surface area contributed by atoms with Gasteiger partial charge in [-0.2, -0.15) is 0 Å². The van der Waals surface area contributed by atoms with E-state index in [-0.39, 0.29) is 5.91 Å². The van der Waals surface area contributed by atoms with E-state index in [2.05, 4.69) is 36.5 Å². The van der Waals surface area contributed by atoms with Gasteiger partial charge < -0.3 is 5.32 Å². The molecule has 2 nitrogen and oxygen atoms in total. The van der Waals surface area contributed by atoms with Crippen molar-refractivity contribution in [2.24, 2.45) is 0 Å². The van der Waals surface area contributed by atoms with Crippen molar-refractivity contribution in [3.8, 4) is 0 Å². The fourth-order valence-electron chi connectivity index (χ4n) is 2.77. The van der Waals surface area contributed by atoms with Gasteiger partial charge in [-0.3, -0.25) is 4.79 Å². The molecule has 3 aromatic rings. The Morgan fingerprint density at radius 3 is 2.55 bits per heavy atom. The van der Waals surface area contributed by atoms with Crippen LogP contribution in [-0.2, 0) is 11.2 Å². The van der Waals surface area contributed by atoms with Crippen LogP contribution in [0.25, 0.3) is 10.8 Å². The minimum Gasteiger partial charge on any atom is -0.326 e. The monoisotopic (exact) mass is 289 g/mol. The number of hydrogen-bond donors (Lipinski definition) is 1. The first-order valence-electron chi connectivity index (χ1n) is 7.47. The normalized spacial score (nSPS) is 10.6. The zero-order valence-electron chi connectivity index (χ0n) is 12.9. The molecule has 1 N–H and O–H groups in total. The molecule has 3 rings (SSSR count). The van der Waals surface area contributed by atoms with Gasteiger partial charge in [0.2, 0.25) is 5.91 Å². The number of anilines is 1. The number of aryl methyl sites for hydroxylation is 2. The lowest BCUT2D eigenvalue weighted by Gasteiger charge is -2.10. The van der Waals surface area contributed by atoms with E-state index >= 15 is 0 Å². The van der Waals surface area contributed by atoms with Crippen LogP contribution in [-0.4, -0.2) is 5.91 Å². The molecule has 0 unspecified atom stereocenters. The summed E-state index contributed by atoms with van der Waals surface area (Å²) in [5.74, 6) is 0.0170. The summed E-state index contributed by atoms with van der Waals surface area (Å²) in [6, 6.07) is 20.3. The fourth-order valence-corrected chi connectivity index (χ4v) is 2.77. The first-order valence-corrected chi connectivity index (χ1v) is 7.47. The summed E-state index contributed by atoms with van der Waals surface area (Å²) >= 11 is 0. The molecule has 2 heteroatoms. The van der Waals surface area contributed by atoms with Gasteiger partial charge in [0.15, 0.2) is 0 Å². The summed E-state index contributed by atoms with van der Waals surface area (Å²) in [6.07, 6.45) is 0.384. The van der Waals surface area contributed by atoms with Gasteiger partial charge in [0.25, 0.3) is 0 Å². The largest absolute Gasteiger partial charge is 0.326 e. The molecule has 0 saturated heterocycles. The molecule has 0 aliphatic heterocycles. The van der Waals surface area contributed by atoms with Gasteiger partial charge in [0.05, 0.1) is 6.42 Å². The highest BCUT2D eigenvalue weighted by Gasteiger charge is 2.08. The molecular formula is C20H19NO. The maximum Gasteiger partial charge on any atom is 0.228 e. The Kier molecular flexibility index (Phi) is 3.92. The number of rotatable bonds is 3. The molecule has 0 atom stereocenters. The highest BCUT2D eigenvalue weighted by Crippen LogP contribution is 2.20. The van der Waals surface area contributed by atoms with E-state index in [1.807, 2.05) is 43.3 Å². The molecule has 0 bridgehead atoms. The van der Waals surface area contributed by atoms with Crippen LogP contribution < -0.4 is 5.32 Å². The highest BCUT2D eigenvalue weighted by atomic mass is 16.1. The number of carbonyl (C=O) groups excluding carboxylic acids is 1. The van der Waals surface area contributed by atoms with Crippen LogP contribution in [0.5, 0.6) is 0 Å². The molecule has 0 fully saturated rings. The van der Waals surface area contributed by atoms with Crippen LogP contribution in [0.1, 0.15) is 16.7 Å². The molecule has 3 aromatic carbocycles. The predicted octanol–water partition coefficient (Wildman–Crippen LogP) is 4.64. The minimum atomic E-state index is 0.0170. The molecule has 0 aromatic heterocycles. The van der Waals surface area contributed by atoms with Crippen LogP contribution in [0.4, 0.5) is 5.69 Å². The fraction of sp³-hybridized carbons (Fsp3) is 0.150. The van der Waals surface area contributed by atoms with E-state index in [4.69, 9.17) is 0 Å². The second-order valence-corrected chi connectivity index (χ2v) is 5.68. The van der Waals surface area contributed by atoms with Crippen molar-refractivity contribution in [1.29, 1.82) is 0 Å². The van der Waals surface area contributed by atoms with Crippen molar-refractivity contribution in [1.82, 2.24) is 0 Å². The summed E-state index contributed by atoms with van der Waals surface area (Å²) in [6.45, 7) is 4.06. The Bertz CT molecular complexity index is 831. The summed E-state index contributed by atoms with van der Waals surface area (Å²) in [5, 5.41) is 5.32. The summed E-state index contributed by atoms with van der Waals surface area (Å²) in [5.41, 5.74) is 4.23. The molecule has 22 heavy (non-hydrogen) atoms. The molecule has 0 spiro atoms. The Morgan fingerprint density at radius 2 is 1.73 bits per heavy atom. The van der Waals surface area contributed by atoms with Crippen molar-refractivity contribution in [3.63, 3.8) is 0 Å². The Balaban J connectivity index is 1.81. The molecule has 0 aliphatic carbocycles. The molecule has 0 aliphatic rings. The highest BCUT2D eigenvalue weighted by molar-refractivity contribution is 5.96. The molecule has 0 heterocycles. The molecule has 0 radical (unpaired) electrons. The zero-order valence-corrected chi connectivity index (χ0v) is 12.9. The quantitative estimate of drug-likeness (QED) is 0.748. The Labute approximate surface area is 130 Å². The van der Waals surface area contributed by atoms with Gasteiger partial charge in [0.1, 0.15) is 0 Å². The van der Waals surface area contributed by atoms with Gasteiger partial charge in [-0.15, -0.1) is 0 Å². The standard InChI is InChI=1S/C20H19NO/c1-14-10-11-19(15(2)12-14)21-20(22)13-17-8-5-7-16-6-3-4-9-18(16)17/h3-12H,13H2,1-2H3,(H,21,22). The van der Waals surface area contributed by atoms with Gasteiger partial charge >= 0.3 is 0 Å². The first kappa shape index (κ1) is 14.3. The summed E-state index contributed by atoms with van der Waals surface area (Å²) < 4.78 is 0. The van der Waals surface area contributed by atoms with E-state index in [1.54, 1.807) is 0 Å². The lowest BCUT2D eigenvalue weighted by Crippen LogP contribution is -2.15. The third-order valence-electron chi connectivity index (χ3n) is 3.89. The van der Waals surface area contributed by atoms with Crippen LogP contribution >= 0.6 is 0 Å². The SMILES string of the molecule is Cc1ccc(NC(=O)Cc2cccc3ccccc23)c(C)c1. The Hall–Kier alpha value is -2.61. The van der Waals surface area contributed by atoms with Gasteiger partial charge in [0, 0.05) is 5.69 Å². The van der Waals surface area contributed by atoms with Gasteiger partial charge in [-0.25, -0.2) is 0 Å². The maximum atomic E-state index is 12.4. The van der Waals surface area contributed by atoms with Crippen molar-refractivity contribution in [3.05, 3.63) is 77.4 Å². The van der Waals surface area contributed by atoms with Gasteiger partial charge in [-0.05, 0) is 41.8 Å². The third kappa shape index (κ3) is 3.01. The van der Waals surface area contributed by atoms with E-state index in [0.29, 0.717) is 6.42 Å². The van der Waals surface area contributed by atoms with Crippen molar-refractivity contribution in [2.45, 2.75) is 20.3 Å². The lowest BCUT2D eigenvalue weighted by molar-refractivity contribution is -0.115. The minimum absolute atomic E-state index is 0.0170. The number of fused-ring (bicyclic) bond motifs is 1. The van der Waals surface area contributed by atoms with Crippen molar-refractivity contribution >= 4 is 22.4 Å². The number of hydrogen-bond acceptors (Lipinski definition) is 1. The first-order chi connectivity index (χ1) is 10.6.